The predicted octanol–water partition coefficient (Wildman–Crippen LogP) is 4.09. The second-order valence-electron chi connectivity index (χ2n) is 7.71. The molecule has 8 nitrogen and oxygen atoms in total. The lowest BCUT2D eigenvalue weighted by atomic mass is 9.97. The summed E-state index contributed by atoms with van der Waals surface area (Å²) in [6, 6.07) is 14.9. The van der Waals surface area contributed by atoms with Gasteiger partial charge in [-0.05, 0) is 38.1 Å². The lowest BCUT2D eigenvalue weighted by Gasteiger charge is -2.36. The average molecular weight is 487 g/mol. The Morgan fingerprint density at radius 3 is 2.79 bits per heavy atom. The van der Waals surface area contributed by atoms with Gasteiger partial charge in [-0.3, -0.25) is 20.5 Å². The summed E-state index contributed by atoms with van der Waals surface area (Å²) >= 11 is 7.91. The Kier molecular flexibility index (Phi) is 7.54. The van der Waals surface area contributed by atoms with E-state index < -0.39 is 0 Å². The molecule has 0 radical (unpaired) electrons. The molecule has 0 aliphatic carbocycles. The van der Waals surface area contributed by atoms with Crippen molar-refractivity contribution in [1.29, 1.82) is 5.41 Å². The summed E-state index contributed by atoms with van der Waals surface area (Å²) in [4.78, 5) is 19.2. The molecule has 0 bridgehead atoms. The highest BCUT2D eigenvalue weighted by molar-refractivity contribution is 8.14. The van der Waals surface area contributed by atoms with Gasteiger partial charge in [0.1, 0.15) is 17.8 Å². The Bertz CT molecular complexity index is 1060. The number of hydrazine groups is 1. The molecule has 1 fully saturated rings. The Hall–Kier alpha value is -2.59. The van der Waals surface area contributed by atoms with Crippen LogP contribution in [0.2, 0.25) is 5.02 Å². The number of aliphatic imine (C=N–C) groups is 1. The maximum atomic E-state index is 12.6. The zero-order valence-corrected chi connectivity index (χ0v) is 20.0. The van der Waals surface area contributed by atoms with Crippen molar-refractivity contribution < 1.29 is 9.53 Å². The standard InChI is InChI=1S/C23H27ClN6O2S/c1-3-32-18-11-7-5-9-16(18)26-19(31)12-13-33-23-27-22-20(14(2)28-29-22)21(25)30(23)17-10-6-4-8-15(17)24/h4-11,14,20,22,25,28-29H,3,12-13H2,1-2H3,(H,26,31). The van der Waals surface area contributed by atoms with Gasteiger partial charge in [0.25, 0.3) is 0 Å². The van der Waals surface area contributed by atoms with E-state index in [-0.39, 0.29) is 30.5 Å². The number of benzene rings is 2. The second kappa shape index (κ2) is 10.6. The van der Waals surface area contributed by atoms with E-state index in [1.165, 1.54) is 11.8 Å². The molecule has 3 atom stereocenters. The molecule has 10 heteroatoms. The first-order valence-electron chi connectivity index (χ1n) is 10.9. The van der Waals surface area contributed by atoms with Gasteiger partial charge in [-0.15, -0.1) is 0 Å². The van der Waals surface area contributed by atoms with E-state index in [4.69, 9.17) is 26.7 Å². The van der Waals surface area contributed by atoms with Gasteiger partial charge in [-0.25, -0.2) is 10.4 Å². The molecule has 4 rings (SSSR count). The highest BCUT2D eigenvalue weighted by atomic mass is 35.5. The third-order valence-corrected chi connectivity index (χ3v) is 6.72. The van der Waals surface area contributed by atoms with Gasteiger partial charge in [0.2, 0.25) is 5.91 Å². The maximum Gasteiger partial charge on any atom is 0.225 e. The number of thioether (sulfide) groups is 1. The number of hydrogen-bond acceptors (Lipinski definition) is 7. The summed E-state index contributed by atoms with van der Waals surface area (Å²) in [6.45, 7) is 4.45. The summed E-state index contributed by atoms with van der Waals surface area (Å²) < 4.78 is 5.58. The van der Waals surface area contributed by atoms with Crippen LogP contribution in [0.25, 0.3) is 0 Å². The molecule has 0 saturated carbocycles. The van der Waals surface area contributed by atoms with Gasteiger partial charge in [-0.1, -0.05) is 47.6 Å². The number of para-hydroxylation sites is 3. The number of carbonyl (C=O) groups is 1. The predicted molar refractivity (Wildman–Crippen MR) is 135 cm³/mol. The monoisotopic (exact) mass is 486 g/mol. The number of amidine groups is 2. The number of halogens is 1. The van der Waals surface area contributed by atoms with Crippen molar-refractivity contribution in [2.45, 2.75) is 32.5 Å². The number of amides is 1. The molecule has 4 N–H and O–H groups in total. The number of nitrogens with zero attached hydrogens (tertiary/aromatic N) is 2. The van der Waals surface area contributed by atoms with Gasteiger partial charge in [0.15, 0.2) is 5.17 Å². The van der Waals surface area contributed by atoms with Crippen LogP contribution in [-0.4, -0.2) is 41.5 Å². The maximum absolute atomic E-state index is 12.6. The number of rotatable bonds is 7. The number of fused-ring (bicyclic) bond motifs is 1. The van der Waals surface area contributed by atoms with Crippen LogP contribution in [0.5, 0.6) is 5.75 Å². The van der Waals surface area contributed by atoms with E-state index >= 15 is 0 Å². The number of anilines is 2. The number of carbonyl (C=O) groups excluding carboxylic acids is 1. The average Bonchev–Trinajstić information content (AvgIpc) is 3.17. The normalized spacial score (nSPS) is 22.0. The number of hydrogen-bond donors (Lipinski definition) is 4. The van der Waals surface area contributed by atoms with Crippen molar-refractivity contribution in [3.63, 3.8) is 0 Å². The molecule has 2 aliphatic rings. The first-order valence-corrected chi connectivity index (χ1v) is 12.2. The summed E-state index contributed by atoms with van der Waals surface area (Å²) in [6.07, 6.45) is 0.0462. The largest absolute Gasteiger partial charge is 0.492 e. The summed E-state index contributed by atoms with van der Waals surface area (Å²) in [7, 11) is 0. The minimum absolute atomic E-state index is 0.0546. The topological polar surface area (TPSA) is 102 Å². The van der Waals surface area contributed by atoms with Gasteiger partial charge in [-0.2, -0.15) is 0 Å². The minimum atomic E-state index is -0.236. The molecular formula is C23H27ClN6O2S. The summed E-state index contributed by atoms with van der Waals surface area (Å²) in [5.74, 6) is 1.33. The van der Waals surface area contributed by atoms with Crippen molar-refractivity contribution in [1.82, 2.24) is 10.9 Å². The van der Waals surface area contributed by atoms with Crippen LogP contribution >= 0.6 is 23.4 Å². The lowest BCUT2D eigenvalue weighted by molar-refractivity contribution is -0.115. The summed E-state index contributed by atoms with van der Waals surface area (Å²) in [5.41, 5.74) is 7.70. The van der Waals surface area contributed by atoms with E-state index in [2.05, 4.69) is 16.2 Å². The molecule has 2 aromatic rings. The SMILES string of the molecule is CCOc1ccccc1NC(=O)CCSC1=NC2NNC(C)C2C(=N)N1c1ccccc1Cl. The molecule has 1 amide bonds. The number of ether oxygens (including phenoxy) is 1. The smallest absolute Gasteiger partial charge is 0.225 e. The van der Waals surface area contributed by atoms with E-state index in [0.717, 1.165) is 0 Å². The fraction of sp³-hybridized carbons (Fsp3) is 0.348. The van der Waals surface area contributed by atoms with Crippen molar-refractivity contribution >= 4 is 51.6 Å². The lowest BCUT2D eigenvalue weighted by Crippen LogP contribution is -2.50. The highest BCUT2D eigenvalue weighted by Gasteiger charge is 2.44. The molecule has 2 aliphatic heterocycles. The van der Waals surface area contributed by atoms with Crippen molar-refractivity contribution in [2.75, 3.05) is 22.6 Å². The van der Waals surface area contributed by atoms with Crippen LogP contribution in [0.1, 0.15) is 20.3 Å². The van der Waals surface area contributed by atoms with Crippen molar-refractivity contribution in [3.8, 4) is 5.75 Å². The zero-order valence-electron chi connectivity index (χ0n) is 18.5. The third kappa shape index (κ3) is 5.16. The first-order chi connectivity index (χ1) is 16.0. The molecule has 2 heterocycles. The Morgan fingerprint density at radius 2 is 2.00 bits per heavy atom. The van der Waals surface area contributed by atoms with Crippen LogP contribution in [-0.2, 0) is 4.79 Å². The third-order valence-electron chi connectivity index (χ3n) is 5.45. The first kappa shape index (κ1) is 23.6. The van der Waals surface area contributed by atoms with Crippen molar-refractivity contribution in [2.24, 2.45) is 10.9 Å². The summed E-state index contributed by atoms with van der Waals surface area (Å²) in [5, 5.41) is 13.0. The molecule has 2 aromatic carbocycles. The molecule has 33 heavy (non-hydrogen) atoms. The minimum Gasteiger partial charge on any atom is -0.492 e. The van der Waals surface area contributed by atoms with Crippen LogP contribution in [0.3, 0.4) is 0 Å². The Balaban J connectivity index is 1.46. The Morgan fingerprint density at radius 1 is 1.24 bits per heavy atom. The number of nitrogens with one attached hydrogen (secondary N) is 4. The van der Waals surface area contributed by atoms with E-state index in [0.29, 0.717) is 45.5 Å². The van der Waals surface area contributed by atoms with Gasteiger partial charge < -0.3 is 10.1 Å². The molecule has 0 aromatic heterocycles. The quantitative estimate of drug-likeness (QED) is 0.470. The molecule has 0 spiro atoms. The molecular weight excluding hydrogens is 460 g/mol. The highest BCUT2D eigenvalue weighted by Crippen LogP contribution is 2.35. The fourth-order valence-corrected chi connectivity index (χ4v) is 5.07. The second-order valence-corrected chi connectivity index (χ2v) is 9.18. The molecule has 1 saturated heterocycles. The van der Waals surface area contributed by atoms with Crippen LogP contribution in [0.15, 0.2) is 53.5 Å². The van der Waals surface area contributed by atoms with Crippen LogP contribution < -0.4 is 25.8 Å². The Labute approximate surface area is 202 Å². The molecule has 174 valence electrons. The van der Waals surface area contributed by atoms with E-state index in [1.54, 1.807) is 11.0 Å². The fourth-order valence-electron chi connectivity index (χ4n) is 3.86. The van der Waals surface area contributed by atoms with Gasteiger partial charge in [0, 0.05) is 18.2 Å². The van der Waals surface area contributed by atoms with Crippen molar-refractivity contribution in [3.05, 3.63) is 53.6 Å². The van der Waals surface area contributed by atoms with Gasteiger partial charge >= 0.3 is 0 Å². The van der Waals surface area contributed by atoms with Crippen LogP contribution in [0.4, 0.5) is 11.4 Å². The zero-order chi connectivity index (χ0) is 23.4. The van der Waals surface area contributed by atoms with Gasteiger partial charge in [0.05, 0.1) is 28.9 Å². The van der Waals surface area contributed by atoms with Crippen LogP contribution in [0, 0.1) is 11.3 Å². The molecule has 3 unspecified atom stereocenters. The van der Waals surface area contributed by atoms with E-state index in [9.17, 15) is 4.79 Å². The van der Waals surface area contributed by atoms with E-state index in [1.807, 2.05) is 56.3 Å².